The van der Waals surface area contributed by atoms with Gasteiger partial charge < -0.3 is 11.1 Å². The van der Waals surface area contributed by atoms with Crippen molar-refractivity contribution in [3.63, 3.8) is 0 Å². The Balaban J connectivity index is 2.19. The van der Waals surface area contributed by atoms with Gasteiger partial charge in [0, 0.05) is 17.1 Å². The topological polar surface area (TPSA) is 89.1 Å². The lowest BCUT2D eigenvalue weighted by atomic mass is 10.4. The van der Waals surface area contributed by atoms with Gasteiger partial charge in [-0.15, -0.1) is 0 Å². The molecule has 0 spiro atoms. The van der Waals surface area contributed by atoms with E-state index in [-0.39, 0.29) is 5.96 Å². The van der Waals surface area contributed by atoms with Gasteiger partial charge in [-0.05, 0) is 39.0 Å². The lowest BCUT2D eigenvalue weighted by Crippen LogP contribution is -2.23. The van der Waals surface area contributed by atoms with Crippen LogP contribution in [0.25, 0.3) is 0 Å². The first-order valence-electron chi connectivity index (χ1n) is 5.90. The minimum atomic E-state index is 0.211. The van der Waals surface area contributed by atoms with Crippen molar-refractivity contribution < 1.29 is 0 Å². The average Bonchev–Trinajstić information content (AvgIpc) is 2.26. The third kappa shape index (κ3) is 3.74. The number of guanidine groups is 1. The summed E-state index contributed by atoms with van der Waals surface area (Å²) < 4.78 is 0. The monoisotopic (exact) mass is 256 g/mol. The fraction of sp³-hybridized carbons (Fsp3) is 0.231. The average molecular weight is 256 g/mol. The molecule has 2 rings (SSSR count). The van der Waals surface area contributed by atoms with Crippen molar-refractivity contribution in [3.8, 4) is 0 Å². The van der Waals surface area contributed by atoms with E-state index in [9.17, 15) is 0 Å². The van der Waals surface area contributed by atoms with Crippen molar-refractivity contribution in [2.24, 2.45) is 10.7 Å². The van der Waals surface area contributed by atoms with Crippen molar-refractivity contribution in [2.75, 3.05) is 5.32 Å². The number of hydrogen-bond donors (Lipinski definition) is 2. The Morgan fingerprint density at radius 1 is 1.05 bits per heavy atom. The fourth-order valence-electron chi connectivity index (χ4n) is 1.64. The molecule has 0 aromatic carbocycles. The van der Waals surface area contributed by atoms with Crippen molar-refractivity contribution in [3.05, 3.63) is 41.3 Å². The summed E-state index contributed by atoms with van der Waals surface area (Å²) in [5.74, 6) is 1.20. The number of aryl methyl sites for hydroxylation is 3. The van der Waals surface area contributed by atoms with E-state index < -0.39 is 0 Å². The number of rotatable bonds is 2. The van der Waals surface area contributed by atoms with Crippen LogP contribution in [-0.4, -0.2) is 20.9 Å². The van der Waals surface area contributed by atoms with Crippen molar-refractivity contribution in [1.82, 2.24) is 15.0 Å². The van der Waals surface area contributed by atoms with E-state index >= 15 is 0 Å². The first-order valence-corrected chi connectivity index (χ1v) is 5.90. The van der Waals surface area contributed by atoms with Crippen LogP contribution in [-0.2, 0) is 0 Å². The van der Waals surface area contributed by atoms with Crippen LogP contribution in [0.3, 0.4) is 0 Å². The predicted molar refractivity (Wildman–Crippen MR) is 75.4 cm³/mol. The molecule has 6 nitrogen and oxygen atoms in total. The summed E-state index contributed by atoms with van der Waals surface area (Å²) in [4.78, 5) is 16.8. The largest absolute Gasteiger partial charge is 0.369 e. The minimum Gasteiger partial charge on any atom is -0.369 e. The van der Waals surface area contributed by atoms with E-state index in [1.54, 1.807) is 0 Å². The zero-order valence-electron chi connectivity index (χ0n) is 11.2. The molecular formula is C13H16N6. The summed E-state index contributed by atoms with van der Waals surface area (Å²) in [5.41, 5.74) is 8.42. The molecule has 0 radical (unpaired) electrons. The molecule has 0 unspecified atom stereocenters. The summed E-state index contributed by atoms with van der Waals surface area (Å²) in [7, 11) is 0. The van der Waals surface area contributed by atoms with Gasteiger partial charge in [0.05, 0.1) is 0 Å². The molecule has 0 amide bonds. The Morgan fingerprint density at radius 2 is 1.74 bits per heavy atom. The van der Waals surface area contributed by atoms with E-state index in [4.69, 9.17) is 5.73 Å². The highest BCUT2D eigenvalue weighted by Crippen LogP contribution is 2.08. The van der Waals surface area contributed by atoms with Gasteiger partial charge in [-0.3, -0.25) is 0 Å². The van der Waals surface area contributed by atoms with Gasteiger partial charge in [0.2, 0.25) is 5.96 Å². The summed E-state index contributed by atoms with van der Waals surface area (Å²) >= 11 is 0. The highest BCUT2D eigenvalue weighted by Gasteiger charge is 2.01. The minimum absolute atomic E-state index is 0.211. The van der Waals surface area contributed by atoms with E-state index in [1.165, 1.54) is 0 Å². The second-order valence-electron chi connectivity index (χ2n) is 4.24. The number of nitrogens with one attached hydrogen (secondary N) is 1. The highest BCUT2D eigenvalue weighted by atomic mass is 15.2. The number of nitrogens with two attached hydrogens (primary N) is 1. The van der Waals surface area contributed by atoms with Crippen molar-refractivity contribution >= 4 is 17.7 Å². The summed E-state index contributed by atoms with van der Waals surface area (Å²) in [6.07, 6.45) is 0. The number of aromatic nitrogens is 3. The Kier molecular flexibility index (Phi) is 3.70. The maximum atomic E-state index is 5.81. The van der Waals surface area contributed by atoms with Gasteiger partial charge in [0.25, 0.3) is 5.95 Å². The van der Waals surface area contributed by atoms with Crippen LogP contribution >= 0.6 is 0 Å². The maximum absolute atomic E-state index is 5.81. The number of pyridine rings is 1. The predicted octanol–water partition coefficient (Wildman–Crippen LogP) is 1.86. The third-order valence-electron chi connectivity index (χ3n) is 2.34. The van der Waals surface area contributed by atoms with E-state index in [0.29, 0.717) is 11.8 Å². The van der Waals surface area contributed by atoms with Gasteiger partial charge in [0.1, 0.15) is 5.82 Å². The molecule has 3 N–H and O–H groups in total. The van der Waals surface area contributed by atoms with E-state index in [0.717, 1.165) is 17.1 Å². The van der Waals surface area contributed by atoms with Crippen LogP contribution in [0.5, 0.6) is 0 Å². The van der Waals surface area contributed by atoms with Crippen LogP contribution in [0.1, 0.15) is 17.1 Å². The maximum Gasteiger partial charge on any atom is 0.253 e. The molecule has 6 heteroatoms. The van der Waals surface area contributed by atoms with E-state index in [1.807, 2.05) is 45.0 Å². The molecule has 19 heavy (non-hydrogen) atoms. The number of aliphatic imine (C=N–C) groups is 1. The van der Waals surface area contributed by atoms with Gasteiger partial charge in [-0.1, -0.05) is 6.07 Å². The molecule has 0 fully saturated rings. The highest BCUT2D eigenvalue weighted by molar-refractivity contribution is 5.92. The normalized spacial score (nSPS) is 11.4. The van der Waals surface area contributed by atoms with Crippen LogP contribution < -0.4 is 11.1 Å². The van der Waals surface area contributed by atoms with Crippen molar-refractivity contribution in [2.45, 2.75) is 20.8 Å². The number of anilines is 1. The van der Waals surface area contributed by atoms with Crippen LogP contribution in [0.15, 0.2) is 29.3 Å². The first-order chi connectivity index (χ1) is 9.02. The Hall–Kier alpha value is -2.50. The Labute approximate surface area is 111 Å². The molecular weight excluding hydrogens is 240 g/mol. The second kappa shape index (κ2) is 5.43. The SMILES string of the molecule is Cc1cccc(NC(N)=Nc2nc(C)cc(C)n2)n1. The van der Waals surface area contributed by atoms with Crippen LogP contribution in [0.2, 0.25) is 0 Å². The quantitative estimate of drug-likeness (QED) is 0.632. The summed E-state index contributed by atoms with van der Waals surface area (Å²) in [6.45, 7) is 5.68. The molecule has 0 atom stereocenters. The number of hydrogen-bond acceptors (Lipinski definition) is 4. The van der Waals surface area contributed by atoms with Gasteiger partial charge in [-0.25, -0.2) is 15.0 Å². The molecule has 0 bridgehead atoms. The molecule has 98 valence electrons. The van der Waals surface area contributed by atoms with Gasteiger partial charge in [-0.2, -0.15) is 4.99 Å². The fourth-order valence-corrected chi connectivity index (χ4v) is 1.64. The van der Waals surface area contributed by atoms with Crippen LogP contribution in [0, 0.1) is 20.8 Å². The lowest BCUT2D eigenvalue weighted by molar-refractivity contribution is 1.04. The molecule has 0 aliphatic rings. The molecule has 0 aliphatic carbocycles. The smallest absolute Gasteiger partial charge is 0.253 e. The van der Waals surface area contributed by atoms with Gasteiger partial charge >= 0.3 is 0 Å². The van der Waals surface area contributed by atoms with Crippen molar-refractivity contribution in [1.29, 1.82) is 0 Å². The van der Waals surface area contributed by atoms with Gasteiger partial charge in [0.15, 0.2) is 0 Å². The summed E-state index contributed by atoms with van der Waals surface area (Å²) in [5, 5.41) is 2.91. The Bertz CT molecular complexity index is 600. The molecule has 0 saturated carbocycles. The lowest BCUT2D eigenvalue weighted by Gasteiger charge is -2.05. The Morgan fingerprint density at radius 3 is 2.37 bits per heavy atom. The molecule has 2 heterocycles. The molecule has 0 saturated heterocycles. The molecule has 2 aromatic heterocycles. The standard InChI is InChI=1S/C13H16N6/c1-8-5-4-6-11(15-8)18-12(14)19-13-16-9(2)7-10(3)17-13/h4-7H,1-3H3,(H3,14,15,16,17,18,19). The zero-order chi connectivity index (χ0) is 13.8. The molecule has 0 aliphatic heterocycles. The van der Waals surface area contributed by atoms with Crippen LogP contribution in [0.4, 0.5) is 11.8 Å². The summed E-state index contributed by atoms with van der Waals surface area (Å²) in [6, 6.07) is 7.50. The van der Waals surface area contributed by atoms with E-state index in [2.05, 4.69) is 25.3 Å². The second-order valence-corrected chi connectivity index (χ2v) is 4.24. The number of nitrogens with zero attached hydrogens (tertiary/aromatic N) is 4. The first kappa shape index (κ1) is 12.9. The molecule has 2 aromatic rings. The zero-order valence-corrected chi connectivity index (χ0v) is 11.2. The third-order valence-corrected chi connectivity index (χ3v) is 2.34.